The SMILES string of the molecule is O=[N+]([O-])c1ccc(N2CCN(c3nc(N4CCOCC4)cc(N4CCOCC4)n3)CC2)cc1. The third kappa shape index (κ3) is 4.93. The van der Waals surface area contributed by atoms with Crippen LogP contribution in [0.3, 0.4) is 0 Å². The molecule has 0 unspecified atom stereocenters. The lowest BCUT2D eigenvalue weighted by Crippen LogP contribution is -2.47. The van der Waals surface area contributed by atoms with Crippen LogP contribution in [0.2, 0.25) is 0 Å². The molecule has 0 radical (unpaired) electrons. The number of nitrogens with zero attached hydrogens (tertiary/aromatic N) is 7. The quantitative estimate of drug-likeness (QED) is 0.486. The number of benzene rings is 1. The fraction of sp³-hybridized carbons (Fsp3) is 0.545. The lowest BCUT2D eigenvalue weighted by atomic mass is 10.2. The number of nitro groups is 1. The van der Waals surface area contributed by atoms with E-state index in [1.54, 1.807) is 12.1 Å². The van der Waals surface area contributed by atoms with Gasteiger partial charge in [-0.3, -0.25) is 10.1 Å². The molecular weight excluding hydrogens is 426 g/mol. The minimum atomic E-state index is -0.368. The number of piperazine rings is 1. The van der Waals surface area contributed by atoms with Crippen LogP contribution in [0.4, 0.5) is 29.0 Å². The lowest BCUT2D eigenvalue weighted by molar-refractivity contribution is -0.384. The van der Waals surface area contributed by atoms with Crippen LogP contribution in [-0.2, 0) is 9.47 Å². The molecule has 0 amide bonds. The standard InChI is InChI=1S/C22H29N7O4/c30-29(31)19-3-1-18(2-4-19)25-5-7-28(8-6-25)22-23-20(26-9-13-32-14-10-26)17-21(24-22)27-11-15-33-16-12-27/h1-4,17H,5-16H2. The maximum Gasteiger partial charge on any atom is 0.269 e. The van der Waals surface area contributed by atoms with E-state index in [1.165, 1.54) is 0 Å². The van der Waals surface area contributed by atoms with Gasteiger partial charge in [0.2, 0.25) is 5.95 Å². The van der Waals surface area contributed by atoms with Gasteiger partial charge in [-0.1, -0.05) is 0 Å². The maximum absolute atomic E-state index is 10.9. The Labute approximate surface area is 192 Å². The summed E-state index contributed by atoms with van der Waals surface area (Å²) in [4.78, 5) is 29.4. The summed E-state index contributed by atoms with van der Waals surface area (Å²) in [7, 11) is 0. The van der Waals surface area contributed by atoms with E-state index in [0.29, 0.717) is 26.4 Å². The van der Waals surface area contributed by atoms with Crippen LogP contribution >= 0.6 is 0 Å². The predicted molar refractivity (Wildman–Crippen MR) is 126 cm³/mol. The van der Waals surface area contributed by atoms with Crippen molar-refractivity contribution in [2.75, 3.05) is 98.4 Å². The Hall–Kier alpha value is -3.18. The lowest BCUT2D eigenvalue weighted by Gasteiger charge is -2.37. The highest BCUT2D eigenvalue weighted by Gasteiger charge is 2.24. The van der Waals surface area contributed by atoms with Gasteiger partial charge in [-0.2, -0.15) is 9.97 Å². The van der Waals surface area contributed by atoms with E-state index in [0.717, 1.165) is 75.6 Å². The molecule has 1 aromatic heterocycles. The smallest absolute Gasteiger partial charge is 0.269 e. The van der Waals surface area contributed by atoms with Crippen molar-refractivity contribution in [3.05, 3.63) is 40.4 Å². The average molecular weight is 456 g/mol. The zero-order valence-corrected chi connectivity index (χ0v) is 18.6. The molecular formula is C22H29N7O4. The van der Waals surface area contributed by atoms with Crippen molar-refractivity contribution < 1.29 is 14.4 Å². The summed E-state index contributed by atoms with van der Waals surface area (Å²) in [6.45, 7) is 9.31. The Morgan fingerprint density at radius 3 is 1.67 bits per heavy atom. The topological polar surface area (TPSA) is 100 Å². The zero-order chi connectivity index (χ0) is 22.6. The number of hydrogen-bond acceptors (Lipinski definition) is 10. The van der Waals surface area contributed by atoms with Crippen molar-refractivity contribution in [3.8, 4) is 0 Å². The zero-order valence-electron chi connectivity index (χ0n) is 18.6. The second-order valence-electron chi connectivity index (χ2n) is 8.33. The molecule has 0 bridgehead atoms. The summed E-state index contributed by atoms with van der Waals surface area (Å²) in [5.74, 6) is 2.65. The first-order valence-electron chi connectivity index (χ1n) is 11.5. The van der Waals surface area contributed by atoms with Crippen molar-refractivity contribution >= 4 is 29.0 Å². The Bertz CT molecular complexity index is 917. The third-order valence-corrected chi connectivity index (χ3v) is 6.35. The van der Waals surface area contributed by atoms with E-state index in [1.807, 2.05) is 12.1 Å². The normalized spacial score (nSPS) is 19.6. The van der Waals surface area contributed by atoms with Gasteiger partial charge in [0, 0.05) is 76.2 Å². The van der Waals surface area contributed by atoms with Gasteiger partial charge >= 0.3 is 0 Å². The van der Waals surface area contributed by atoms with Crippen molar-refractivity contribution in [1.82, 2.24) is 9.97 Å². The maximum atomic E-state index is 10.9. The number of ether oxygens (including phenoxy) is 2. The van der Waals surface area contributed by atoms with Gasteiger partial charge in [-0.15, -0.1) is 0 Å². The highest BCUT2D eigenvalue weighted by molar-refractivity contribution is 5.57. The van der Waals surface area contributed by atoms with Crippen molar-refractivity contribution in [3.63, 3.8) is 0 Å². The number of aromatic nitrogens is 2. The highest BCUT2D eigenvalue weighted by atomic mass is 16.6. The minimum absolute atomic E-state index is 0.112. The first-order chi connectivity index (χ1) is 16.2. The van der Waals surface area contributed by atoms with E-state index in [9.17, 15) is 10.1 Å². The molecule has 1 aromatic carbocycles. The molecule has 0 aliphatic carbocycles. The number of rotatable bonds is 5. The summed E-state index contributed by atoms with van der Waals surface area (Å²) < 4.78 is 11.0. The second kappa shape index (κ2) is 9.75. The monoisotopic (exact) mass is 455 g/mol. The number of morpholine rings is 2. The molecule has 4 heterocycles. The van der Waals surface area contributed by atoms with E-state index < -0.39 is 0 Å². The molecule has 0 spiro atoms. The first-order valence-corrected chi connectivity index (χ1v) is 11.5. The van der Waals surface area contributed by atoms with Gasteiger partial charge in [-0.25, -0.2) is 0 Å². The highest BCUT2D eigenvalue weighted by Crippen LogP contribution is 2.26. The van der Waals surface area contributed by atoms with Crippen LogP contribution in [0.25, 0.3) is 0 Å². The van der Waals surface area contributed by atoms with Crippen LogP contribution in [0.5, 0.6) is 0 Å². The summed E-state index contributed by atoms with van der Waals surface area (Å²) in [5, 5.41) is 10.9. The van der Waals surface area contributed by atoms with Crippen molar-refractivity contribution in [2.45, 2.75) is 0 Å². The van der Waals surface area contributed by atoms with Gasteiger partial charge in [0.05, 0.1) is 31.4 Å². The molecule has 11 nitrogen and oxygen atoms in total. The van der Waals surface area contributed by atoms with Gasteiger partial charge in [0.1, 0.15) is 11.6 Å². The summed E-state index contributed by atoms with van der Waals surface area (Å²) in [6.07, 6.45) is 0. The molecule has 3 saturated heterocycles. The molecule has 3 fully saturated rings. The molecule has 3 aliphatic heterocycles. The van der Waals surface area contributed by atoms with Crippen LogP contribution in [-0.4, -0.2) is 93.7 Å². The average Bonchev–Trinajstić information content (AvgIpc) is 2.89. The van der Waals surface area contributed by atoms with Crippen LogP contribution in [0, 0.1) is 10.1 Å². The molecule has 2 aromatic rings. The Balaban J connectivity index is 1.33. The Morgan fingerprint density at radius 2 is 1.18 bits per heavy atom. The van der Waals surface area contributed by atoms with Gasteiger partial charge in [-0.05, 0) is 12.1 Å². The van der Waals surface area contributed by atoms with Crippen LogP contribution in [0.1, 0.15) is 0 Å². The minimum Gasteiger partial charge on any atom is -0.378 e. The first kappa shape index (κ1) is 21.7. The summed E-state index contributed by atoms with van der Waals surface area (Å²) in [6, 6.07) is 8.85. The molecule has 11 heteroatoms. The molecule has 33 heavy (non-hydrogen) atoms. The number of non-ortho nitro benzene ring substituents is 1. The molecule has 0 N–H and O–H groups in total. The largest absolute Gasteiger partial charge is 0.378 e. The number of anilines is 4. The molecule has 0 atom stereocenters. The Morgan fingerprint density at radius 1 is 0.697 bits per heavy atom. The molecule has 3 aliphatic rings. The van der Waals surface area contributed by atoms with Crippen LogP contribution < -0.4 is 19.6 Å². The van der Waals surface area contributed by atoms with E-state index in [4.69, 9.17) is 19.4 Å². The van der Waals surface area contributed by atoms with E-state index in [2.05, 4.69) is 25.7 Å². The fourth-order valence-corrected chi connectivity index (χ4v) is 4.41. The Kier molecular flexibility index (Phi) is 6.40. The predicted octanol–water partition coefficient (Wildman–Crippen LogP) is 1.38. The van der Waals surface area contributed by atoms with Gasteiger partial charge in [0.15, 0.2) is 0 Å². The van der Waals surface area contributed by atoms with Crippen LogP contribution in [0.15, 0.2) is 30.3 Å². The van der Waals surface area contributed by atoms with E-state index >= 15 is 0 Å². The van der Waals surface area contributed by atoms with Gasteiger partial charge in [0.25, 0.3) is 5.69 Å². The number of hydrogen-bond donors (Lipinski definition) is 0. The van der Waals surface area contributed by atoms with E-state index in [-0.39, 0.29) is 10.6 Å². The molecule has 176 valence electrons. The summed E-state index contributed by atoms with van der Waals surface area (Å²) in [5.41, 5.74) is 1.11. The summed E-state index contributed by atoms with van der Waals surface area (Å²) >= 11 is 0. The second-order valence-corrected chi connectivity index (χ2v) is 8.33. The third-order valence-electron chi connectivity index (χ3n) is 6.35. The molecule has 0 saturated carbocycles. The van der Waals surface area contributed by atoms with Crippen molar-refractivity contribution in [1.29, 1.82) is 0 Å². The fourth-order valence-electron chi connectivity index (χ4n) is 4.41. The van der Waals surface area contributed by atoms with Crippen molar-refractivity contribution in [2.24, 2.45) is 0 Å². The number of nitro benzene ring substituents is 1. The van der Waals surface area contributed by atoms with Gasteiger partial charge < -0.3 is 29.1 Å². The molecule has 5 rings (SSSR count).